The number of thioether (sulfide) groups is 1. The van der Waals surface area contributed by atoms with Gasteiger partial charge in [0.15, 0.2) is 0 Å². The maximum atomic E-state index is 11.4. The number of rotatable bonds is 5. The van der Waals surface area contributed by atoms with Crippen molar-refractivity contribution >= 4 is 18.2 Å². The molecule has 1 radical (unpaired) electrons. The van der Waals surface area contributed by atoms with Crippen LogP contribution in [0.3, 0.4) is 0 Å². The largest absolute Gasteiger partial charge is 0.397 e. The summed E-state index contributed by atoms with van der Waals surface area (Å²) in [4.78, 5) is 9.50. The van der Waals surface area contributed by atoms with E-state index in [1.165, 1.54) is 6.41 Å². The highest BCUT2D eigenvalue weighted by molar-refractivity contribution is 7.99. The van der Waals surface area contributed by atoms with Gasteiger partial charge in [-0.05, 0) is 0 Å². The van der Waals surface area contributed by atoms with Gasteiger partial charge in [0.25, 0.3) is 0 Å². The molecule has 11 heavy (non-hydrogen) atoms. The van der Waals surface area contributed by atoms with Crippen LogP contribution >= 0.6 is 11.8 Å². The van der Waals surface area contributed by atoms with Crippen LogP contribution in [0.2, 0.25) is 0 Å². The first-order valence-electron chi connectivity index (χ1n) is 2.81. The molecule has 0 aliphatic rings. The first-order valence-corrected chi connectivity index (χ1v) is 3.96. The Bertz CT molecular complexity index is 117. The Labute approximate surface area is 66.5 Å². The van der Waals surface area contributed by atoms with E-state index in [2.05, 4.69) is 5.32 Å². The van der Waals surface area contributed by atoms with E-state index in [0.717, 1.165) is 11.8 Å². The summed E-state index contributed by atoms with van der Waals surface area (Å²) in [7, 11) is 0. The highest BCUT2D eigenvalue weighted by Crippen LogP contribution is 2.20. The summed E-state index contributed by atoms with van der Waals surface area (Å²) in [5.74, 6) is -0.609. The van der Waals surface area contributed by atoms with Crippen LogP contribution in [0.25, 0.3) is 0 Å². The highest BCUT2D eigenvalue weighted by atomic mass is 32.2. The summed E-state index contributed by atoms with van der Waals surface area (Å²) >= 11 is 0.734. The summed E-state index contributed by atoms with van der Waals surface area (Å²) in [6.07, 6.45) is -2.74. The third-order valence-corrected chi connectivity index (χ3v) is 1.73. The normalized spacial score (nSPS) is 11.2. The van der Waals surface area contributed by atoms with Crippen molar-refractivity contribution in [1.82, 2.24) is 5.32 Å². The van der Waals surface area contributed by atoms with Gasteiger partial charge in [0.2, 0.25) is 0 Å². The van der Waals surface area contributed by atoms with Crippen molar-refractivity contribution in [1.29, 1.82) is 0 Å². The lowest BCUT2D eigenvalue weighted by Crippen LogP contribution is -2.17. The highest BCUT2D eigenvalue weighted by Gasteiger charge is 2.26. The molecule has 0 saturated heterocycles. The van der Waals surface area contributed by atoms with Gasteiger partial charge in [-0.1, -0.05) is 0 Å². The van der Waals surface area contributed by atoms with Crippen LogP contribution in [0.1, 0.15) is 0 Å². The second-order valence-corrected chi connectivity index (χ2v) is 2.80. The average Bonchev–Trinajstić information content (AvgIpc) is 1.85. The van der Waals surface area contributed by atoms with Crippen molar-refractivity contribution in [2.45, 2.75) is 6.18 Å². The Morgan fingerprint density at radius 2 is 2.09 bits per heavy atom. The maximum absolute atomic E-state index is 11.4. The van der Waals surface area contributed by atoms with Crippen LogP contribution in [0.5, 0.6) is 0 Å². The van der Waals surface area contributed by atoms with E-state index >= 15 is 0 Å². The molecule has 0 aromatic rings. The molecule has 0 aliphatic heterocycles. The number of carbonyl (C=O) groups excluding carboxylic acids is 1. The zero-order chi connectivity index (χ0) is 8.74. The molecule has 0 aliphatic carbocycles. The van der Waals surface area contributed by atoms with Crippen molar-refractivity contribution in [2.75, 3.05) is 18.1 Å². The number of halogens is 3. The fourth-order valence-corrected chi connectivity index (χ4v) is 0.984. The maximum Gasteiger partial charge on any atom is 0.397 e. The van der Waals surface area contributed by atoms with Crippen LogP contribution in [-0.2, 0) is 4.79 Å². The van der Waals surface area contributed by atoms with E-state index < -0.39 is 11.9 Å². The van der Waals surface area contributed by atoms with Gasteiger partial charge in [0.05, 0.1) is 5.75 Å². The molecule has 0 spiro atoms. The molecule has 0 aromatic carbocycles. The van der Waals surface area contributed by atoms with E-state index in [1.807, 2.05) is 0 Å². The molecule has 0 rings (SSSR count). The molecular weight excluding hydrogens is 179 g/mol. The number of alkyl halides is 3. The van der Waals surface area contributed by atoms with Crippen LogP contribution in [0.4, 0.5) is 13.2 Å². The fourth-order valence-electron chi connectivity index (χ4n) is 0.362. The summed E-state index contributed by atoms with van der Waals surface area (Å²) < 4.78 is 34.3. The van der Waals surface area contributed by atoms with Crippen molar-refractivity contribution in [3.63, 3.8) is 0 Å². The average molecular weight is 186 g/mol. The first kappa shape index (κ1) is 10.6. The monoisotopic (exact) mass is 186 g/mol. The van der Waals surface area contributed by atoms with Crippen molar-refractivity contribution in [3.05, 3.63) is 0 Å². The van der Waals surface area contributed by atoms with Crippen LogP contribution in [-0.4, -0.2) is 30.6 Å². The Kier molecular flexibility index (Phi) is 5.10. The lowest BCUT2D eigenvalue weighted by atomic mass is 10.8. The van der Waals surface area contributed by atoms with Crippen LogP contribution < -0.4 is 5.32 Å². The van der Waals surface area contributed by atoms with E-state index in [1.54, 1.807) is 0 Å². The van der Waals surface area contributed by atoms with Gasteiger partial charge in [-0.2, -0.15) is 24.9 Å². The molecule has 0 saturated carbocycles. The molecule has 0 aromatic heterocycles. The molecule has 1 amide bonds. The second kappa shape index (κ2) is 5.29. The standard InChI is InChI=1S/C5H7F3NOS/c6-5(7,8)3-11-2-1-9-4-10/h1-3H2,(H,9,10). The SMILES string of the molecule is O=[C]NCCSCC(F)(F)F. The summed E-state index contributed by atoms with van der Waals surface area (Å²) in [5, 5.41) is 2.14. The topological polar surface area (TPSA) is 29.1 Å². The predicted octanol–water partition coefficient (Wildman–Crippen LogP) is 0.939. The number of hydrogen-bond donors (Lipinski definition) is 1. The molecule has 0 heterocycles. The van der Waals surface area contributed by atoms with Crippen molar-refractivity contribution in [3.8, 4) is 0 Å². The number of nitrogens with one attached hydrogen (secondary N) is 1. The molecular formula is C5H7F3NOS. The van der Waals surface area contributed by atoms with E-state index in [0.29, 0.717) is 0 Å². The molecule has 1 N–H and O–H groups in total. The summed E-state index contributed by atoms with van der Waals surface area (Å²) in [6.45, 7) is 0.226. The van der Waals surface area contributed by atoms with Gasteiger partial charge in [-0.3, -0.25) is 4.79 Å². The molecule has 0 atom stereocenters. The third kappa shape index (κ3) is 9.61. The third-order valence-electron chi connectivity index (χ3n) is 0.709. The number of hydrogen-bond acceptors (Lipinski definition) is 2. The predicted molar refractivity (Wildman–Crippen MR) is 37.1 cm³/mol. The second-order valence-electron chi connectivity index (χ2n) is 1.70. The fraction of sp³-hybridized carbons (Fsp3) is 0.800. The van der Waals surface area contributed by atoms with E-state index in [4.69, 9.17) is 0 Å². The van der Waals surface area contributed by atoms with Crippen molar-refractivity contribution in [2.24, 2.45) is 0 Å². The first-order chi connectivity index (χ1) is 5.06. The zero-order valence-electron chi connectivity index (χ0n) is 5.57. The van der Waals surface area contributed by atoms with Gasteiger partial charge in [0.1, 0.15) is 0 Å². The molecule has 65 valence electrons. The Morgan fingerprint density at radius 1 is 1.45 bits per heavy atom. The van der Waals surface area contributed by atoms with Gasteiger partial charge >= 0.3 is 12.6 Å². The molecule has 0 bridgehead atoms. The Hall–Kier alpha value is -0.390. The minimum absolute atomic E-state index is 0.226. The summed E-state index contributed by atoms with van der Waals surface area (Å²) in [6, 6.07) is 0. The smallest absolute Gasteiger partial charge is 0.347 e. The molecule has 0 fully saturated rings. The van der Waals surface area contributed by atoms with Crippen LogP contribution in [0, 0.1) is 0 Å². The quantitative estimate of drug-likeness (QED) is 0.511. The Balaban J connectivity index is 3.08. The van der Waals surface area contributed by atoms with Gasteiger partial charge in [-0.25, -0.2) is 0 Å². The molecule has 2 nitrogen and oxygen atoms in total. The van der Waals surface area contributed by atoms with E-state index in [-0.39, 0.29) is 12.3 Å². The molecule has 6 heteroatoms. The van der Waals surface area contributed by atoms with Gasteiger partial charge in [-0.15, -0.1) is 0 Å². The van der Waals surface area contributed by atoms with Crippen molar-refractivity contribution < 1.29 is 18.0 Å². The van der Waals surface area contributed by atoms with Gasteiger partial charge < -0.3 is 5.32 Å². The zero-order valence-corrected chi connectivity index (χ0v) is 6.39. The lowest BCUT2D eigenvalue weighted by Gasteiger charge is -2.04. The summed E-state index contributed by atoms with van der Waals surface area (Å²) in [5.41, 5.74) is 0. The van der Waals surface area contributed by atoms with E-state index in [9.17, 15) is 18.0 Å². The lowest BCUT2D eigenvalue weighted by molar-refractivity contribution is -0.105. The number of amides is 1. The Morgan fingerprint density at radius 3 is 2.55 bits per heavy atom. The molecule has 0 unspecified atom stereocenters. The minimum Gasteiger partial charge on any atom is -0.347 e. The van der Waals surface area contributed by atoms with Crippen LogP contribution in [0.15, 0.2) is 0 Å². The van der Waals surface area contributed by atoms with Gasteiger partial charge in [0, 0.05) is 12.3 Å². The minimum atomic E-state index is -4.12.